The Morgan fingerprint density at radius 2 is 1.71 bits per heavy atom. The number of aromatic nitrogens is 3. The lowest BCUT2D eigenvalue weighted by Gasteiger charge is -2.57. The van der Waals surface area contributed by atoms with Gasteiger partial charge in [-0.05, 0) is 112 Å². The minimum absolute atomic E-state index is 0.397. The molecule has 1 N–H and O–H groups in total. The predicted molar refractivity (Wildman–Crippen MR) is 110 cm³/mol. The van der Waals surface area contributed by atoms with E-state index in [1.54, 1.807) is 12.4 Å². The van der Waals surface area contributed by atoms with E-state index in [4.69, 9.17) is 0 Å². The molecule has 4 aliphatic rings. The zero-order valence-electron chi connectivity index (χ0n) is 18.1. The smallest absolute Gasteiger partial charge is 0.0693 e. The van der Waals surface area contributed by atoms with Crippen LogP contribution in [0.1, 0.15) is 78.6 Å². The summed E-state index contributed by atoms with van der Waals surface area (Å²) in [4.78, 5) is 1.89. The van der Waals surface area contributed by atoms with Crippen molar-refractivity contribution < 1.29 is 5.11 Å². The summed E-state index contributed by atoms with van der Waals surface area (Å²) in [5.41, 5.74) is 0.117. The Bertz CT molecular complexity index is 686. The molecule has 0 amide bonds. The largest absolute Gasteiger partial charge is 0.390 e. The average Bonchev–Trinajstić information content (AvgIpc) is 3.27. The predicted octanol–water partition coefficient (Wildman–Crippen LogP) is 4.93. The highest BCUT2D eigenvalue weighted by atomic mass is 16.3. The molecule has 0 aliphatic heterocycles. The molecule has 9 atom stereocenters. The van der Waals surface area contributed by atoms with Gasteiger partial charge in [-0.1, -0.05) is 13.8 Å². The summed E-state index contributed by atoms with van der Waals surface area (Å²) < 4.78 is 0. The standard InChI is InChI=1S/C24H39N3O/c1-16(15-27-25-12-13-26-27)21-6-7-22-20-5-4-17-14-23(2,28)10-8-18(17)19(20)9-11-24(21,22)3/h12-13,16-22,28H,4-11,14-15H2,1-3H3/t16-,17+,18+,19-,20-,21-,22+,23-,24-/m1/s1. The minimum Gasteiger partial charge on any atom is -0.390 e. The third-order valence-corrected chi connectivity index (χ3v) is 9.92. The van der Waals surface area contributed by atoms with Gasteiger partial charge in [0.1, 0.15) is 0 Å². The molecular weight excluding hydrogens is 346 g/mol. The van der Waals surface area contributed by atoms with Crippen LogP contribution in [-0.4, -0.2) is 25.7 Å². The van der Waals surface area contributed by atoms with Crippen LogP contribution in [0.25, 0.3) is 0 Å². The molecule has 0 radical (unpaired) electrons. The lowest BCUT2D eigenvalue weighted by molar-refractivity contribution is -0.103. The van der Waals surface area contributed by atoms with Gasteiger partial charge in [-0.25, -0.2) is 0 Å². The molecule has 4 nitrogen and oxygen atoms in total. The molecular formula is C24H39N3O. The number of nitrogens with zero attached hydrogens (tertiary/aromatic N) is 3. The molecule has 1 aromatic heterocycles. The van der Waals surface area contributed by atoms with Crippen LogP contribution in [0.3, 0.4) is 0 Å². The molecule has 5 rings (SSSR count). The van der Waals surface area contributed by atoms with Crippen LogP contribution in [-0.2, 0) is 6.54 Å². The van der Waals surface area contributed by atoms with Crippen LogP contribution in [0.4, 0.5) is 0 Å². The molecule has 0 saturated heterocycles. The van der Waals surface area contributed by atoms with Gasteiger partial charge >= 0.3 is 0 Å². The topological polar surface area (TPSA) is 50.9 Å². The molecule has 0 bridgehead atoms. The van der Waals surface area contributed by atoms with Crippen molar-refractivity contribution in [2.75, 3.05) is 0 Å². The Balaban J connectivity index is 1.31. The number of hydrogen-bond acceptors (Lipinski definition) is 3. The van der Waals surface area contributed by atoms with Crippen molar-refractivity contribution in [2.24, 2.45) is 46.8 Å². The highest BCUT2D eigenvalue weighted by Crippen LogP contribution is 2.65. The molecule has 1 aromatic rings. The molecule has 4 heteroatoms. The second kappa shape index (κ2) is 6.82. The summed E-state index contributed by atoms with van der Waals surface area (Å²) in [6.45, 7) is 8.11. The van der Waals surface area contributed by atoms with E-state index in [0.29, 0.717) is 11.3 Å². The van der Waals surface area contributed by atoms with Gasteiger partial charge in [0, 0.05) is 0 Å². The van der Waals surface area contributed by atoms with Gasteiger partial charge < -0.3 is 5.11 Å². The summed E-state index contributed by atoms with van der Waals surface area (Å²) >= 11 is 0. The van der Waals surface area contributed by atoms with Crippen molar-refractivity contribution in [3.8, 4) is 0 Å². The van der Waals surface area contributed by atoms with Gasteiger partial charge in [0.2, 0.25) is 0 Å². The molecule has 4 fully saturated rings. The Kier molecular flexibility index (Phi) is 4.65. The lowest BCUT2D eigenvalue weighted by Crippen LogP contribution is -2.51. The Morgan fingerprint density at radius 1 is 0.964 bits per heavy atom. The fraction of sp³-hybridized carbons (Fsp3) is 0.917. The molecule has 4 saturated carbocycles. The first kappa shape index (κ1) is 19.1. The molecule has 156 valence electrons. The number of hydrogen-bond donors (Lipinski definition) is 1. The lowest BCUT2D eigenvalue weighted by atomic mass is 9.48. The van der Waals surface area contributed by atoms with Gasteiger partial charge in [-0.2, -0.15) is 15.0 Å². The summed E-state index contributed by atoms with van der Waals surface area (Å²) in [6.07, 6.45) is 15.4. The van der Waals surface area contributed by atoms with E-state index in [1.807, 2.05) is 4.80 Å². The van der Waals surface area contributed by atoms with Crippen LogP contribution in [0.15, 0.2) is 12.4 Å². The van der Waals surface area contributed by atoms with Crippen LogP contribution in [0, 0.1) is 46.8 Å². The SMILES string of the molecule is C[C@H](Cn1nccn1)[C@H]1CC[C@H]2[C@@H]3CC[C@H]4C[C@](C)(O)CC[C@@H]4[C@H]3CC[C@]12C. The molecule has 28 heavy (non-hydrogen) atoms. The number of rotatable bonds is 3. The Hall–Kier alpha value is -0.900. The van der Waals surface area contributed by atoms with Crippen molar-refractivity contribution >= 4 is 0 Å². The molecule has 4 aliphatic carbocycles. The summed E-state index contributed by atoms with van der Waals surface area (Å²) in [5, 5.41) is 19.3. The van der Waals surface area contributed by atoms with Crippen LogP contribution in [0.2, 0.25) is 0 Å². The zero-order valence-corrected chi connectivity index (χ0v) is 18.1. The quantitative estimate of drug-likeness (QED) is 0.802. The highest BCUT2D eigenvalue weighted by Gasteiger charge is 2.58. The van der Waals surface area contributed by atoms with Gasteiger partial charge in [0.25, 0.3) is 0 Å². The second-order valence-electron chi connectivity index (χ2n) is 11.5. The van der Waals surface area contributed by atoms with Crippen molar-refractivity contribution in [3.05, 3.63) is 12.4 Å². The summed E-state index contributed by atoms with van der Waals surface area (Å²) in [5.74, 6) is 5.96. The van der Waals surface area contributed by atoms with Gasteiger partial charge in [0.05, 0.1) is 24.5 Å². The normalized spacial score (nSPS) is 49.1. The van der Waals surface area contributed by atoms with Crippen molar-refractivity contribution in [2.45, 2.75) is 90.7 Å². The van der Waals surface area contributed by atoms with E-state index in [2.05, 4.69) is 31.0 Å². The van der Waals surface area contributed by atoms with E-state index in [9.17, 15) is 5.11 Å². The van der Waals surface area contributed by atoms with Gasteiger partial charge in [-0.15, -0.1) is 0 Å². The van der Waals surface area contributed by atoms with Gasteiger partial charge in [-0.3, -0.25) is 0 Å². The maximum absolute atomic E-state index is 10.6. The summed E-state index contributed by atoms with van der Waals surface area (Å²) in [6, 6.07) is 0. The van der Waals surface area contributed by atoms with Crippen molar-refractivity contribution in [1.82, 2.24) is 15.0 Å². The molecule has 0 unspecified atom stereocenters. The van der Waals surface area contributed by atoms with E-state index in [0.717, 1.165) is 54.9 Å². The first-order valence-electron chi connectivity index (χ1n) is 11.9. The van der Waals surface area contributed by atoms with Crippen LogP contribution in [0.5, 0.6) is 0 Å². The molecule has 0 spiro atoms. The first-order chi connectivity index (χ1) is 13.4. The highest BCUT2D eigenvalue weighted by molar-refractivity contribution is 5.07. The van der Waals surface area contributed by atoms with E-state index >= 15 is 0 Å². The van der Waals surface area contributed by atoms with E-state index < -0.39 is 5.60 Å². The fourth-order valence-electron chi connectivity index (χ4n) is 8.78. The zero-order chi connectivity index (χ0) is 19.5. The Labute approximate surface area is 170 Å². The first-order valence-corrected chi connectivity index (χ1v) is 11.9. The third-order valence-electron chi connectivity index (χ3n) is 9.92. The maximum Gasteiger partial charge on any atom is 0.0693 e. The maximum atomic E-state index is 10.6. The van der Waals surface area contributed by atoms with Crippen LogP contribution >= 0.6 is 0 Å². The summed E-state index contributed by atoms with van der Waals surface area (Å²) in [7, 11) is 0. The molecule has 1 heterocycles. The van der Waals surface area contributed by atoms with E-state index in [1.165, 1.54) is 44.9 Å². The second-order valence-corrected chi connectivity index (χ2v) is 11.5. The van der Waals surface area contributed by atoms with Gasteiger partial charge in [0.15, 0.2) is 0 Å². The Morgan fingerprint density at radius 3 is 2.50 bits per heavy atom. The van der Waals surface area contributed by atoms with E-state index in [-0.39, 0.29) is 0 Å². The molecule has 0 aromatic carbocycles. The third kappa shape index (κ3) is 3.05. The average molecular weight is 386 g/mol. The fourth-order valence-corrected chi connectivity index (χ4v) is 8.78. The van der Waals surface area contributed by atoms with Crippen molar-refractivity contribution in [3.63, 3.8) is 0 Å². The number of aliphatic hydroxyl groups is 1. The monoisotopic (exact) mass is 385 g/mol. The minimum atomic E-state index is -0.397. The number of fused-ring (bicyclic) bond motifs is 5. The van der Waals surface area contributed by atoms with Crippen molar-refractivity contribution in [1.29, 1.82) is 0 Å². The van der Waals surface area contributed by atoms with Crippen LogP contribution < -0.4 is 0 Å².